The van der Waals surface area contributed by atoms with Crippen LogP contribution in [0.3, 0.4) is 0 Å². The van der Waals surface area contributed by atoms with Crippen molar-refractivity contribution >= 4 is 30.7 Å². The van der Waals surface area contributed by atoms with Gasteiger partial charge in [-0.3, -0.25) is 9.48 Å². The second kappa shape index (κ2) is 9.99. The Morgan fingerprint density at radius 1 is 1.45 bits per heavy atom. The molecule has 8 heteroatoms. The number of carbonyl (C=O) groups is 1. The van der Waals surface area contributed by atoms with Gasteiger partial charge in [-0.15, -0.1) is 24.8 Å². The van der Waals surface area contributed by atoms with Crippen LogP contribution in [0.15, 0.2) is 12.4 Å². The molecule has 1 amide bonds. The third kappa shape index (κ3) is 6.09. The van der Waals surface area contributed by atoms with Gasteiger partial charge in [-0.05, 0) is 28.1 Å². The van der Waals surface area contributed by atoms with Gasteiger partial charge in [-0.2, -0.15) is 5.10 Å². The molecule has 1 heterocycles. The number of nitrogens with zero attached hydrogens (tertiary/aromatic N) is 3. The van der Waals surface area contributed by atoms with Crippen LogP contribution in [0.5, 0.6) is 0 Å². The lowest BCUT2D eigenvalue weighted by atomic mass is 10.1. The molecule has 2 unspecified atom stereocenters. The Balaban J connectivity index is 0. The van der Waals surface area contributed by atoms with E-state index in [-0.39, 0.29) is 36.8 Å². The van der Waals surface area contributed by atoms with E-state index in [1.165, 1.54) is 0 Å². The van der Waals surface area contributed by atoms with Gasteiger partial charge in [0.2, 0.25) is 5.91 Å². The monoisotopic (exact) mass is 325 g/mol. The van der Waals surface area contributed by atoms with Crippen LogP contribution in [0.4, 0.5) is 0 Å². The molecule has 0 aromatic carbocycles. The van der Waals surface area contributed by atoms with Crippen molar-refractivity contribution in [2.45, 2.75) is 19.0 Å². The molecule has 0 radical (unpaired) electrons. The summed E-state index contributed by atoms with van der Waals surface area (Å²) in [4.78, 5) is 14.2. The molecule has 0 saturated heterocycles. The Kier molecular flexibility index (Phi) is 10.7. The molecule has 0 aliphatic rings. The molecule has 6 nitrogen and oxygen atoms in total. The highest BCUT2D eigenvalue weighted by atomic mass is 35.5. The molecule has 0 saturated carbocycles. The largest absolute Gasteiger partial charge is 0.353 e. The zero-order valence-corrected chi connectivity index (χ0v) is 14.2. The number of hydrogen-bond acceptors (Lipinski definition) is 4. The van der Waals surface area contributed by atoms with Crippen molar-refractivity contribution in [1.29, 1.82) is 0 Å². The fourth-order valence-electron chi connectivity index (χ4n) is 1.57. The first-order valence-corrected chi connectivity index (χ1v) is 6.05. The minimum atomic E-state index is -0.354. The van der Waals surface area contributed by atoms with E-state index in [0.717, 1.165) is 5.56 Å². The van der Waals surface area contributed by atoms with Gasteiger partial charge < -0.3 is 15.5 Å². The second-order valence-electron chi connectivity index (χ2n) is 4.73. The maximum atomic E-state index is 12.1. The van der Waals surface area contributed by atoms with Crippen molar-refractivity contribution in [2.24, 2.45) is 7.05 Å². The molecule has 1 aromatic heterocycles. The van der Waals surface area contributed by atoms with E-state index in [1.807, 2.05) is 27.3 Å². The molecule has 0 aliphatic carbocycles. The summed E-state index contributed by atoms with van der Waals surface area (Å²) in [5.41, 5.74) is 0.870. The smallest absolute Gasteiger partial charge is 0.241 e. The molecule has 0 aliphatic heterocycles. The van der Waals surface area contributed by atoms with Gasteiger partial charge in [-0.1, -0.05) is 0 Å². The number of aromatic nitrogens is 2. The molecule has 118 valence electrons. The lowest BCUT2D eigenvalue weighted by Gasteiger charge is -2.21. The SMILES string of the molecule is CNC(C(=O)NCC(C)N(C)C)c1cnn(C)c1.Cl.Cl. The highest BCUT2D eigenvalue weighted by Gasteiger charge is 2.20. The number of rotatable bonds is 6. The van der Waals surface area contributed by atoms with E-state index >= 15 is 0 Å². The number of aryl methyl sites for hydroxylation is 1. The topological polar surface area (TPSA) is 62.2 Å². The molecule has 2 atom stereocenters. The first kappa shape index (κ1) is 21.5. The Bertz CT molecular complexity index is 397. The van der Waals surface area contributed by atoms with Crippen LogP contribution in [-0.4, -0.2) is 54.3 Å². The maximum Gasteiger partial charge on any atom is 0.241 e. The summed E-state index contributed by atoms with van der Waals surface area (Å²) in [5.74, 6) is -0.0285. The summed E-state index contributed by atoms with van der Waals surface area (Å²) >= 11 is 0. The van der Waals surface area contributed by atoms with Crippen molar-refractivity contribution in [3.05, 3.63) is 18.0 Å². The van der Waals surface area contributed by atoms with E-state index in [0.29, 0.717) is 12.6 Å². The van der Waals surface area contributed by atoms with Crippen LogP contribution < -0.4 is 10.6 Å². The van der Waals surface area contributed by atoms with Crippen LogP contribution in [0.2, 0.25) is 0 Å². The maximum absolute atomic E-state index is 12.1. The minimum absolute atomic E-state index is 0. The van der Waals surface area contributed by atoms with E-state index in [2.05, 4.69) is 27.6 Å². The highest BCUT2D eigenvalue weighted by Crippen LogP contribution is 2.10. The summed E-state index contributed by atoms with van der Waals surface area (Å²) < 4.78 is 1.69. The van der Waals surface area contributed by atoms with E-state index in [4.69, 9.17) is 0 Å². The van der Waals surface area contributed by atoms with Crippen molar-refractivity contribution in [2.75, 3.05) is 27.7 Å². The number of hydrogen-bond donors (Lipinski definition) is 2. The van der Waals surface area contributed by atoms with Gasteiger partial charge in [0.25, 0.3) is 0 Å². The molecular weight excluding hydrogens is 301 g/mol. The van der Waals surface area contributed by atoms with Gasteiger partial charge in [0, 0.05) is 31.4 Å². The van der Waals surface area contributed by atoms with Crippen LogP contribution in [0, 0.1) is 0 Å². The average Bonchev–Trinajstić information content (AvgIpc) is 2.73. The minimum Gasteiger partial charge on any atom is -0.353 e. The summed E-state index contributed by atoms with van der Waals surface area (Å²) in [6.07, 6.45) is 3.55. The van der Waals surface area contributed by atoms with E-state index < -0.39 is 0 Å². The van der Waals surface area contributed by atoms with Crippen molar-refractivity contribution in [3.8, 4) is 0 Å². The molecule has 2 N–H and O–H groups in total. The predicted octanol–water partition coefficient (Wildman–Crippen LogP) is 0.590. The van der Waals surface area contributed by atoms with E-state index in [1.54, 1.807) is 17.9 Å². The summed E-state index contributed by atoms with van der Waals surface area (Å²) in [6.45, 7) is 2.70. The molecule has 0 fully saturated rings. The summed E-state index contributed by atoms with van der Waals surface area (Å²) in [7, 11) is 7.59. The lowest BCUT2D eigenvalue weighted by Crippen LogP contribution is -2.42. The third-order valence-electron chi connectivity index (χ3n) is 3.06. The van der Waals surface area contributed by atoms with E-state index in [9.17, 15) is 4.79 Å². The third-order valence-corrected chi connectivity index (χ3v) is 3.06. The lowest BCUT2D eigenvalue weighted by molar-refractivity contribution is -0.123. The van der Waals surface area contributed by atoms with Gasteiger partial charge in [0.1, 0.15) is 6.04 Å². The molecule has 0 spiro atoms. The fraction of sp³-hybridized carbons (Fsp3) is 0.667. The Labute approximate surface area is 133 Å². The van der Waals surface area contributed by atoms with Crippen molar-refractivity contribution in [1.82, 2.24) is 25.3 Å². The summed E-state index contributed by atoms with van der Waals surface area (Å²) in [5, 5.41) is 10.0. The first-order chi connectivity index (χ1) is 8.45. The zero-order chi connectivity index (χ0) is 13.7. The fourth-order valence-corrected chi connectivity index (χ4v) is 1.57. The van der Waals surface area contributed by atoms with Gasteiger partial charge in [0.15, 0.2) is 0 Å². The van der Waals surface area contributed by atoms with Crippen LogP contribution in [-0.2, 0) is 11.8 Å². The van der Waals surface area contributed by atoms with Crippen molar-refractivity contribution < 1.29 is 4.79 Å². The Morgan fingerprint density at radius 2 is 2.05 bits per heavy atom. The van der Waals surface area contributed by atoms with Crippen LogP contribution in [0.25, 0.3) is 0 Å². The zero-order valence-electron chi connectivity index (χ0n) is 12.6. The number of halogens is 2. The van der Waals surface area contributed by atoms with Crippen LogP contribution >= 0.6 is 24.8 Å². The molecule has 1 rings (SSSR count). The van der Waals surface area contributed by atoms with Gasteiger partial charge in [0.05, 0.1) is 6.20 Å². The molecular formula is C12H25Cl2N5O. The molecule has 20 heavy (non-hydrogen) atoms. The normalized spacial score (nSPS) is 13.1. The summed E-state index contributed by atoms with van der Waals surface area (Å²) in [6, 6.07) is -0.0478. The van der Waals surface area contributed by atoms with Crippen LogP contribution in [0.1, 0.15) is 18.5 Å². The number of nitrogens with one attached hydrogen (secondary N) is 2. The van der Waals surface area contributed by atoms with Gasteiger partial charge >= 0.3 is 0 Å². The highest BCUT2D eigenvalue weighted by molar-refractivity contribution is 5.85. The Hall–Kier alpha value is -0.820. The average molecular weight is 326 g/mol. The quantitative estimate of drug-likeness (QED) is 0.803. The number of amides is 1. The van der Waals surface area contributed by atoms with Gasteiger partial charge in [-0.25, -0.2) is 0 Å². The first-order valence-electron chi connectivity index (χ1n) is 6.05. The number of likely N-dealkylation sites (N-methyl/N-ethyl adjacent to an activating group) is 2. The Morgan fingerprint density at radius 3 is 2.45 bits per heavy atom. The second-order valence-corrected chi connectivity index (χ2v) is 4.73. The predicted molar refractivity (Wildman–Crippen MR) is 85.7 cm³/mol. The van der Waals surface area contributed by atoms with Crippen molar-refractivity contribution in [3.63, 3.8) is 0 Å². The number of carbonyl (C=O) groups excluding carboxylic acids is 1. The standard InChI is InChI=1S/C12H23N5O.2ClH/c1-9(16(3)4)6-14-12(18)11(13-2)10-7-15-17(5)8-10;;/h7-9,11,13H,6H2,1-5H3,(H,14,18);2*1H. The molecule has 0 bridgehead atoms. The molecule has 1 aromatic rings.